The van der Waals surface area contributed by atoms with Gasteiger partial charge in [-0.2, -0.15) is 0 Å². The van der Waals surface area contributed by atoms with Crippen molar-refractivity contribution in [1.29, 1.82) is 0 Å². The molecule has 0 aromatic carbocycles. The van der Waals surface area contributed by atoms with Crippen molar-refractivity contribution in [2.45, 2.75) is 25.5 Å². The van der Waals surface area contributed by atoms with Gasteiger partial charge < -0.3 is 14.7 Å². The van der Waals surface area contributed by atoms with Gasteiger partial charge in [-0.3, -0.25) is 0 Å². The van der Waals surface area contributed by atoms with E-state index in [1.165, 1.54) is 13.2 Å². The van der Waals surface area contributed by atoms with Crippen LogP contribution in [0.3, 0.4) is 0 Å². The minimum atomic E-state index is -0.397. The van der Waals surface area contributed by atoms with Crippen LogP contribution in [0.4, 0.5) is 10.2 Å². The van der Waals surface area contributed by atoms with Gasteiger partial charge in [0, 0.05) is 18.3 Å². The highest BCUT2D eigenvalue weighted by atomic mass is 19.1. The van der Waals surface area contributed by atoms with Gasteiger partial charge in [-0.15, -0.1) is 5.10 Å². The molecule has 5 heterocycles. The zero-order chi connectivity index (χ0) is 21.4. The monoisotopic (exact) mass is 421 g/mol. The molecular formula is C21H20FN7O2. The summed E-state index contributed by atoms with van der Waals surface area (Å²) in [6, 6.07) is 6.92. The molecule has 0 bridgehead atoms. The summed E-state index contributed by atoms with van der Waals surface area (Å²) in [6.45, 7) is 0.525. The lowest BCUT2D eigenvalue weighted by Gasteiger charge is -2.26. The molecule has 0 spiro atoms. The second kappa shape index (κ2) is 7.88. The number of aromatic nitrogens is 6. The molecular weight excluding hydrogens is 401 g/mol. The molecule has 1 N–H and O–H groups in total. The molecule has 4 aromatic heterocycles. The number of hydrogen-bond donors (Lipinski definition) is 1. The Balaban J connectivity index is 1.56. The number of rotatable bonds is 5. The van der Waals surface area contributed by atoms with E-state index in [9.17, 15) is 9.50 Å². The van der Waals surface area contributed by atoms with Crippen molar-refractivity contribution in [2.75, 3.05) is 18.6 Å². The third-order valence-corrected chi connectivity index (χ3v) is 5.40. The number of methoxy groups -OCH3 is 1. The first-order valence-electron chi connectivity index (χ1n) is 9.92. The Kier molecular flexibility index (Phi) is 4.91. The van der Waals surface area contributed by atoms with Gasteiger partial charge in [0.15, 0.2) is 11.5 Å². The Bertz CT molecular complexity index is 1250. The van der Waals surface area contributed by atoms with Crippen LogP contribution in [-0.4, -0.2) is 48.3 Å². The molecule has 0 amide bonds. The summed E-state index contributed by atoms with van der Waals surface area (Å²) in [5, 5.41) is 14.2. The predicted molar refractivity (Wildman–Crippen MR) is 110 cm³/mol. The Morgan fingerprint density at radius 1 is 1.19 bits per heavy atom. The van der Waals surface area contributed by atoms with Crippen molar-refractivity contribution in [3.05, 3.63) is 60.1 Å². The highest BCUT2D eigenvalue weighted by molar-refractivity contribution is 5.60. The number of nitrogens with zero attached hydrogens (tertiary/aromatic N) is 7. The van der Waals surface area contributed by atoms with Gasteiger partial charge in [0.2, 0.25) is 5.88 Å². The maximum Gasteiger partial charge on any atom is 0.218 e. The van der Waals surface area contributed by atoms with E-state index in [2.05, 4.69) is 24.8 Å². The van der Waals surface area contributed by atoms with E-state index in [1.54, 1.807) is 23.0 Å². The molecule has 158 valence electrons. The van der Waals surface area contributed by atoms with E-state index in [4.69, 9.17) is 9.84 Å². The van der Waals surface area contributed by atoms with Gasteiger partial charge in [-0.05, 0) is 37.1 Å². The third-order valence-electron chi connectivity index (χ3n) is 5.40. The van der Waals surface area contributed by atoms with Crippen LogP contribution in [0.15, 0.2) is 42.9 Å². The number of aliphatic hydroxyl groups is 1. The van der Waals surface area contributed by atoms with Gasteiger partial charge in [-0.1, -0.05) is 0 Å². The molecule has 0 aliphatic carbocycles. The largest absolute Gasteiger partial charge is 0.481 e. The fourth-order valence-corrected chi connectivity index (χ4v) is 4.03. The van der Waals surface area contributed by atoms with Crippen LogP contribution in [0.1, 0.15) is 30.3 Å². The molecule has 31 heavy (non-hydrogen) atoms. The van der Waals surface area contributed by atoms with Crippen molar-refractivity contribution in [1.82, 2.24) is 29.5 Å². The van der Waals surface area contributed by atoms with Crippen LogP contribution in [0.25, 0.3) is 17.0 Å². The quantitative estimate of drug-likeness (QED) is 0.525. The minimum absolute atomic E-state index is 0.102. The van der Waals surface area contributed by atoms with Gasteiger partial charge in [-0.25, -0.2) is 28.8 Å². The Labute approximate surface area is 177 Å². The Morgan fingerprint density at radius 2 is 2.10 bits per heavy atom. The molecule has 1 saturated heterocycles. The van der Waals surface area contributed by atoms with Crippen LogP contribution >= 0.6 is 0 Å². The van der Waals surface area contributed by atoms with E-state index in [0.717, 1.165) is 31.4 Å². The zero-order valence-electron chi connectivity index (χ0n) is 16.8. The van der Waals surface area contributed by atoms with Crippen molar-refractivity contribution < 1.29 is 14.2 Å². The molecule has 9 nitrogen and oxygen atoms in total. The highest BCUT2D eigenvalue weighted by Crippen LogP contribution is 2.38. The van der Waals surface area contributed by atoms with Crippen molar-refractivity contribution in [3.63, 3.8) is 0 Å². The smallest absolute Gasteiger partial charge is 0.218 e. The number of fused-ring (bicyclic) bond motifs is 1. The lowest BCUT2D eigenvalue weighted by atomic mass is 10.1. The number of halogens is 1. The second-order valence-electron chi connectivity index (χ2n) is 7.22. The Hall–Kier alpha value is -3.66. The fourth-order valence-electron chi connectivity index (χ4n) is 4.03. The van der Waals surface area contributed by atoms with Gasteiger partial charge >= 0.3 is 0 Å². The van der Waals surface area contributed by atoms with E-state index in [0.29, 0.717) is 34.3 Å². The number of ether oxygens (including phenoxy) is 1. The molecule has 1 atom stereocenters. The maximum absolute atomic E-state index is 13.9. The lowest BCUT2D eigenvalue weighted by Crippen LogP contribution is -2.25. The molecule has 0 radical (unpaired) electrons. The van der Waals surface area contributed by atoms with Gasteiger partial charge in [0.05, 0.1) is 31.2 Å². The van der Waals surface area contributed by atoms with E-state index >= 15 is 0 Å². The molecule has 5 rings (SSSR count). The average molecular weight is 421 g/mol. The normalized spacial score (nSPS) is 16.2. The maximum atomic E-state index is 13.9. The molecule has 0 unspecified atom stereocenters. The summed E-state index contributed by atoms with van der Waals surface area (Å²) in [5.74, 6) is 1.08. The summed E-state index contributed by atoms with van der Waals surface area (Å²) in [6.07, 6.45) is 6.22. The first kappa shape index (κ1) is 19.3. The molecule has 4 aromatic rings. The minimum Gasteiger partial charge on any atom is -0.481 e. The first-order chi connectivity index (χ1) is 15.2. The lowest BCUT2D eigenvalue weighted by molar-refractivity contribution is 0.271. The SMILES string of the molecule is COc1ncc(F)cc1[C@H]1CCCN1c1ccc2ncc(-c3ccnc(CO)n3)n2n1. The molecule has 1 aliphatic rings. The first-order valence-corrected chi connectivity index (χ1v) is 9.92. The number of pyridine rings is 1. The molecule has 1 fully saturated rings. The van der Waals surface area contributed by atoms with E-state index in [1.807, 2.05) is 12.1 Å². The average Bonchev–Trinajstić information content (AvgIpc) is 3.46. The summed E-state index contributed by atoms with van der Waals surface area (Å²) < 4.78 is 21.0. The summed E-state index contributed by atoms with van der Waals surface area (Å²) in [4.78, 5) is 19.0. The molecule has 0 saturated carbocycles. The second-order valence-corrected chi connectivity index (χ2v) is 7.22. The number of aliphatic hydroxyl groups excluding tert-OH is 1. The fraction of sp³-hybridized carbons (Fsp3) is 0.286. The van der Waals surface area contributed by atoms with Crippen LogP contribution < -0.4 is 9.64 Å². The van der Waals surface area contributed by atoms with E-state index in [-0.39, 0.29) is 12.6 Å². The molecule has 10 heteroatoms. The van der Waals surface area contributed by atoms with Crippen molar-refractivity contribution in [2.24, 2.45) is 0 Å². The van der Waals surface area contributed by atoms with Crippen LogP contribution in [0.5, 0.6) is 5.88 Å². The van der Waals surface area contributed by atoms with Gasteiger partial charge in [0.1, 0.15) is 23.9 Å². The van der Waals surface area contributed by atoms with Crippen molar-refractivity contribution in [3.8, 4) is 17.3 Å². The van der Waals surface area contributed by atoms with Gasteiger partial charge in [0.25, 0.3) is 0 Å². The highest BCUT2D eigenvalue weighted by Gasteiger charge is 2.31. The van der Waals surface area contributed by atoms with Crippen LogP contribution in [0.2, 0.25) is 0 Å². The number of imidazole rings is 1. The third kappa shape index (κ3) is 3.44. The summed E-state index contributed by atoms with van der Waals surface area (Å²) in [5.41, 5.74) is 2.68. The van der Waals surface area contributed by atoms with Crippen LogP contribution in [-0.2, 0) is 6.61 Å². The summed E-state index contributed by atoms with van der Waals surface area (Å²) >= 11 is 0. The number of anilines is 1. The standard InChI is InChI=1S/C21H20FN7O2/c1-31-21-14(9-13(22)10-25-21)16-3-2-8-28(16)20-5-4-19-24-11-17(29(19)27-20)15-6-7-23-18(12-30)26-15/h4-7,9-11,16,30H,2-3,8,12H2,1H3/t16-/m1/s1. The van der Waals surface area contributed by atoms with Crippen LogP contribution in [0, 0.1) is 5.82 Å². The van der Waals surface area contributed by atoms with E-state index < -0.39 is 5.82 Å². The Morgan fingerprint density at radius 3 is 2.94 bits per heavy atom. The molecule has 1 aliphatic heterocycles. The van der Waals surface area contributed by atoms with Crippen molar-refractivity contribution >= 4 is 11.5 Å². The zero-order valence-corrected chi connectivity index (χ0v) is 16.8. The summed E-state index contributed by atoms with van der Waals surface area (Å²) in [7, 11) is 1.54. The topological polar surface area (TPSA) is 102 Å². The number of hydrogen-bond acceptors (Lipinski definition) is 8. The predicted octanol–water partition coefficient (Wildman–Crippen LogP) is 2.56.